The summed E-state index contributed by atoms with van der Waals surface area (Å²) in [5, 5.41) is 7.02. The predicted molar refractivity (Wildman–Crippen MR) is 114 cm³/mol. The summed E-state index contributed by atoms with van der Waals surface area (Å²) in [6, 6.07) is 13.3. The summed E-state index contributed by atoms with van der Waals surface area (Å²) in [5.74, 6) is 1.27. The van der Waals surface area contributed by atoms with Gasteiger partial charge in [-0.25, -0.2) is 0 Å². The van der Waals surface area contributed by atoms with Crippen molar-refractivity contribution in [3.63, 3.8) is 0 Å². The molecule has 0 saturated carbocycles. The lowest BCUT2D eigenvalue weighted by Crippen LogP contribution is -2.24. The number of nitrogens with zero attached hydrogens (tertiary/aromatic N) is 4. The number of hydrogen-bond acceptors (Lipinski definition) is 6. The van der Waals surface area contributed by atoms with E-state index in [0.717, 1.165) is 11.3 Å². The third kappa shape index (κ3) is 6.00. The van der Waals surface area contributed by atoms with E-state index < -0.39 is 0 Å². The summed E-state index contributed by atoms with van der Waals surface area (Å²) in [6.07, 6.45) is 2.19. The summed E-state index contributed by atoms with van der Waals surface area (Å²) in [6.45, 7) is 0.933. The average molecular weight is 480 g/mol. The SMILES string of the molecule is COCc1ccccc1NC(N)=NCCc1noc(-c2ccccn2)n1.I. The number of aliphatic imine (C=N–C) groups is 1. The van der Waals surface area contributed by atoms with Gasteiger partial charge >= 0.3 is 0 Å². The minimum Gasteiger partial charge on any atom is -0.380 e. The molecule has 0 aliphatic heterocycles. The summed E-state index contributed by atoms with van der Waals surface area (Å²) in [4.78, 5) is 12.8. The van der Waals surface area contributed by atoms with E-state index in [0.29, 0.717) is 42.9 Å². The highest BCUT2D eigenvalue weighted by Crippen LogP contribution is 2.15. The van der Waals surface area contributed by atoms with Crippen molar-refractivity contribution in [3.05, 3.63) is 60.0 Å². The van der Waals surface area contributed by atoms with Crippen LogP contribution in [0.4, 0.5) is 5.69 Å². The van der Waals surface area contributed by atoms with Crippen molar-refractivity contribution in [3.8, 4) is 11.6 Å². The van der Waals surface area contributed by atoms with Crippen molar-refractivity contribution in [2.45, 2.75) is 13.0 Å². The molecule has 0 bridgehead atoms. The third-order valence-corrected chi connectivity index (χ3v) is 3.55. The molecular weight excluding hydrogens is 459 g/mol. The monoisotopic (exact) mass is 480 g/mol. The Morgan fingerprint density at radius 3 is 2.81 bits per heavy atom. The maximum atomic E-state index is 5.96. The van der Waals surface area contributed by atoms with Gasteiger partial charge in [-0.2, -0.15) is 4.98 Å². The summed E-state index contributed by atoms with van der Waals surface area (Å²) in [5.41, 5.74) is 8.47. The number of ether oxygens (including phenoxy) is 1. The van der Waals surface area contributed by atoms with Crippen LogP contribution < -0.4 is 11.1 Å². The van der Waals surface area contributed by atoms with Gasteiger partial charge in [0.05, 0.1) is 6.61 Å². The van der Waals surface area contributed by atoms with Crippen LogP contribution in [0.5, 0.6) is 0 Å². The molecule has 0 unspecified atom stereocenters. The molecule has 0 aliphatic carbocycles. The van der Waals surface area contributed by atoms with Crippen LogP contribution in [0, 0.1) is 0 Å². The molecule has 0 fully saturated rings. The standard InChI is InChI=1S/C18H20N6O2.HI/c1-25-12-13-6-2-3-7-14(13)22-18(19)21-11-9-16-23-17(26-24-16)15-8-4-5-10-20-15;/h2-8,10H,9,11-12H2,1H3,(H3,19,21,22);1H. The number of guanidine groups is 1. The number of methoxy groups -OCH3 is 1. The van der Waals surface area contributed by atoms with E-state index in [1.54, 1.807) is 13.3 Å². The molecule has 0 radical (unpaired) electrons. The Morgan fingerprint density at radius 1 is 1.22 bits per heavy atom. The predicted octanol–water partition coefficient (Wildman–Crippen LogP) is 2.87. The van der Waals surface area contributed by atoms with Crippen molar-refractivity contribution >= 4 is 35.6 Å². The number of halogens is 1. The summed E-state index contributed by atoms with van der Waals surface area (Å²) >= 11 is 0. The zero-order valence-electron chi connectivity index (χ0n) is 14.8. The summed E-state index contributed by atoms with van der Waals surface area (Å²) < 4.78 is 10.4. The fourth-order valence-corrected chi connectivity index (χ4v) is 2.33. The van der Waals surface area contributed by atoms with Crippen LogP contribution >= 0.6 is 24.0 Å². The molecule has 2 aromatic heterocycles. The van der Waals surface area contributed by atoms with Crippen LogP contribution in [-0.2, 0) is 17.8 Å². The molecule has 3 aromatic rings. The zero-order chi connectivity index (χ0) is 18.2. The van der Waals surface area contributed by atoms with Gasteiger partial charge in [0.2, 0.25) is 0 Å². The second-order valence-electron chi connectivity index (χ2n) is 5.46. The molecule has 8 nitrogen and oxygen atoms in total. The van der Waals surface area contributed by atoms with Gasteiger partial charge in [-0.15, -0.1) is 24.0 Å². The molecule has 27 heavy (non-hydrogen) atoms. The highest BCUT2D eigenvalue weighted by atomic mass is 127. The Kier molecular flexibility index (Phi) is 8.14. The Hall–Kier alpha value is -2.53. The Morgan fingerprint density at radius 2 is 2.04 bits per heavy atom. The number of rotatable bonds is 7. The van der Waals surface area contributed by atoms with Gasteiger partial charge in [-0.1, -0.05) is 29.4 Å². The number of nitrogens with two attached hydrogens (primary N) is 1. The lowest BCUT2D eigenvalue weighted by atomic mass is 10.2. The molecule has 3 N–H and O–H groups in total. The van der Waals surface area contributed by atoms with Crippen molar-refractivity contribution in [2.75, 3.05) is 19.0 Å². The van der Waals surface area contributed by atoms with Crippen LogP contribution in [0.3, 0.4) is 0 Å². The fourth-order valence-electron chi connectivity index (χ4n) is 2.33. The molecular formula is C18H21IN6O2. The Bertz CT molecular complexity index is 869. The van der Waals surface area contributed by atoms with E-state index in [2.05, 4.69) is 25.4 Å². The van der Waals surface area contributed by atoms with Gasteiger partial charge in [0, 0.05) is 37.5 Å². The average Bonchev–Trinajstić information content (AvgIpc) is 3.13. The van der Waals surface area contributed by atoms with Gasteiger partial charge in [-0.05, 0) is 18.2 Å². The van der Waals surface area contributed by atoms with Gasteiger partial charge in [0.15, 0.2) is 11.8 Å². The molecule has 0 spiro atoms. The highest BCUT2D eigenvalue weighted by molar-refractivity contribution is 14.0. The van der Waals surface area contributed by atoms with Crippen LogP contribution in [0.1, 0.15) is 11.4 Å². The van der Waals surface area contributed by atoms with Crippen LogP contribution in [0.15, 0.2) is 58.2 Å². The quantitative estimate of drug-likeness (QED) is 0.304. The van der Waals surface area contributed by atoms with Crippen LogP contribution in [0.25, 0.3) is 11.6 Å². The molecule has 142 valence electrons. The van der Waals surface area contributed by atoms with E-state index in [-0.39, 0.29) is 24.0 Å². The number of aromatic nitrogens is 3. The largest absolute Gasteiger partial charge is 0.380 e. The molecule has 0 amide bonds. The van der Waals surface area contributed by atoms with Gasteiger partial charge in [-0.3, -0.25) is 9.98 Å². The van der Waals surface area contributed by atoms with Crippen LogP contribution in [0.2, 0.25) is 0 Å². The van der Waals surface area contributed by atoms with Crippen LogP contribution in [-0.4, -0.2) is 34.7 Å². The smallest absolute Gasteiger partial charge is 0.276 e. The van der Waals surface area contributed by atoms with Gasteiger partial charge in [0.25, 0.3) is 5.89 Å². The first-order chi connectivity index (χ1) is 12.8. The minimum absolute atomic E-state index is 0. The van der Waals surface area contributed by atoms with Crippen molar-refractivity contribution in [1.29, 1.82) is 0 Å². The van der Waals surface area contributed by atoms with Gasteiger partial charge < -0.3 is 20.3 Å². The lowest BCUT2D eigenvalue weighted by molar-refractivity contribution is 0.185. The molecule has 2 heterocycles. The topological polar surface area (TPSA) is 111 Å². The van der Waals surface area contributed by atoms with E-state index in [1.807, 2.05) is 42.5 Å². The van der Waals surface area contributed by atoms with Crippen molar-refractivity contribution < 1.29 is 9.26 Å². The molecule has 1 aromatic carbocycles. The second-order valence-corrected chi connectivity index (χ2v) is 5.46. The third-order valence-electron chi connectivity index (χ3n) is 3.55. The number of hydrogen-bond donors (Lipinski definition) is 2. The number of pyridine rings is 1. The molecule has 0 saturated heterocycles. The Labute approximate surface area is 174 Å². The summed E-state index contributed by atoms with van der Waals surface area (Å²) in [7, 11) is 1.65. The first-order valence-electron chi connectivity index (χ1n) is 8.14. The minimum atomic E-state index is 0. The maximum absolute atomic E-state index is 5.96. The Balaban J connectivity index is 0.00000261. The first kappa shape index (κ1) is 20.8. The van der Waals surface area contributed by atoms with E-state index in [1.165, 1.54) is 0 Å². The number of para-hydroxylation sites is 1. The zero-order valence-corrected chi connectivity index (χ0v) is 17.2. The normalized spacial score (nSPS) is 11.1. The van der Waals surface area contributed by atoms with Crippen molar-refractivity contribution in [2.24, 2.45) is 10.7 Å². The lowest BCUT2D eigenvalue weighted by Gasteiger charge is -2.10. The van der Waals surface area contributed by atoms with Crippen molar-refractivity contribution in [1.82, 2.24) is 15.1 Å². The van der Waals surface area contributed by atoms with Gasteiger partial charge in [0.1, 0.15) is 5.69 Å². The molecule has 9 heteroatoms. The maximum Gasteiger partial charge on any atom is 0.276 e. The first-order valence-corrected chi connectivity index (χ1v) is 8.14. The number of anilines is 1. The number of benzene rings is 1. The molecule has 0 aliphatic rings. The van der Waals surface area contributed by atoms with E-state index in [9.17, 15) is 0 Å². The highest BCUT2D eigenvalue weighted by Gasteiger charge is 2.09. The fraction of sp³-hybridized carbons (Fsp3) is 0.222. The molecule has 0 atom stereocenters. The van der Waals surface area contributed by atoms with E-state index in [4.69, 9.17) is 15.0 Å². The molecule has 3 rings (SSSR count). The second kappa shape index (κ2) is 10.6. The van der Waals surface area contributed by atoms with E-state index >= 15 is 0 Å². The number of nitrogens with one attached hydrogen (secondary N) is 1.